The molecule has 0 radical (unpaired) electrons. The van der Waals surface area contributed by atoms with Gasteiger partial charge in [0, 0.05) is 25.0 Å². The van der Waals surface area contributed by atoms with E-state index < -0.39 is 0 Å². The summed E-state index contributed by atoms with van der Waals surface area (Å²) in [6.45, 7) is 9.24. The van der Waals surface area contributed by atoms with E-state index in [4.69, 9.17) is 0 Å². The number of nitrogens with zero attached hydrogens (tertiary/aromatic N) is 1. The molecule has 1 unspecified atom stereocenters. The van der Waals surface area contributed by atoms with Crippen molar-refractivity contribution in [2.24, 2.45) is 5.92 Å². The van der Waals surface area contributed by atoms with Crippen LogP contribution in [0, 0.1) is 5.92 Å². The average molecular weight is 226 g/mol. The Kier molecular flexibility index (Phi) is 5.81. The van der Waals surface area contributed by atoms with Crippen LogP contribution in [0.15, 0.2) is 0 Å². The molecule has 0 aromatic carbocycles. The zero-order valence-electron chi connectivity index (χ0n) is 11.0. The Morgan fingerprint density at radius 1 is 1.38 bits per heavy atom. The van der Waals surface area contributed by atoms with E-state index >= 15 is 0 Å². The molecule has 1 rings (SSSR count). The highest BCUT2D eigenvalue weighted by Gasteiger charge is 2.24. The molecule has 3 heteroatoms. The number of piperidine rings is 1. The molecule has 16 heavy (non-hydrogen) atoms. The summed E-state index contributed by atoms with van der Waals surface area (Å²) in [7, 11) is 0. The Bertz CT molecular complexity index is 210. The van der Waals surface area contributed by atoms with E-state index in [1.54, 1.807) is 0 Å². The third-order valence-corrected chi connectivity index (χ3v) is 3.44. The molecule has 1 heterocycles. The molecule has 0 aromatic heterocycles. The van der Waals surface area contributed by atoms with Crippen LogP contribution in [0.4, 0.5) is 0 Å². The van der Waals surface area contributed by atoms with Gasteiger partial charge in [-0.2, -0.15) is 0 Å². The summed E-state index contributed by atoms with van der Waals surface area (Å²) < 4.78 is 0. The van der Waals surface area contributed by atoms with Crippen LogP contribution in [0.1, 0.15) is 46.5 Å². The summed E-state index contributed by atoms with van der Waals surface area (Å²) in [5.74, 6) is 0.567. The Balaban J connectivity index is 2.32. The van der Waals surface area contributed by atoms with E-state index in [0.29, 0.717) is 11.9 Å². The summed E-state index contributed by atoms with van der Waals surface area (Å²) in [4.78, 5) is 14.1. The predicted octanol–water partition coefficient (Wildman–Crippen LogP) is 2.02. The van der Waals surface area contributed by atoms with Crippen LogP contribution in [-0.4, -0.2) is 36.5 Å². The molecule has 1 saturated heterocycles. The van der Waals surface area contributed by atoms with Crippen molar-refractivity contribution in [2.45, 2.75) is 52.5 Å². The number of amides is 1. The van der Waals surface area contributed by atoms with E-state index in [9.17, 15) is 4.79 Å². The van der Waals surface area contributed by atoms with Gasteiger partial charge >= 0.3 is 0 Å². The van der Waals surface area contributed by atoms with Gasteiger partial charge in [0.2, 0.25) is 5.91 Å². The SMILES string of the molecule is CCCC(C)C(=O)N1CCC(NCC)CC1. The fourth-order valence-corrected chi connectivity index (χ4v) is 2.46. The smallest absolute Gasteiger partial charge is 0.225 e. The third-order valence-electron chi connectivity index (χ3n) is 3.44. The maximum atomic E-state index is 12.1. The highest BCUT2D eigenvalue weighted by Crippen LogP contribution is 2.15. The van der Waals surface area contributed by atoms with Gasteiger partial charge in [-0.15, -0.1) is 0 Å². The number of hydrogen-bond acceptors (Lipinski definition) is 2. The minimum atomic E-state index is 0.209. The third kappa shape index (κ3) is 3.78. The lowest BCUT2D eigenvalue weighted by molar-refractivity contribution is -0.136. The summed E-state index contributed by atoms with van der Waals surface area (Å²) in [5.41, 5.74) is 0. The quantitative estimate of drug-likeness (QED) is 0.778. The van der Waals surface area contributed by atoms with Crippen LogP contribution in [0.25, 0.3) is 0 Å². The molecule has 0 bridgehead atoms. The molecule has 1 aliphatic rings. The molecule has 94 valence electrons. The highest BCUT2D eigenvalue weighted by molar-refractivity contribution is 5.78. The van der Waals surface area contributed by atoms with E-state index in [1.165, 1.54) is 0 Å². The molecule has 0 spiro atoms. The second kappa shape index (κ2) is 6.89. The molecule has 0 aromatic rings. The molecule has 3 nitrogen and oxygen atoms in total. The van der Waals surface area contributed by atoms with E-state index in [0.717, 1.165) is 45.3 Å². The number of hydrogen-bond donors (Lipinski definition) is 1. The van der Waals surface area contributed by atoms with Crippen molar-refractivity contribution in [2.75, 3.05) is 19.6 Å². The van der Waals surface area contributed by atoms with Gasteiger partial charge in [-0.05, 0) is 25.8 Å². The van der Waals surface area contributed by atoms with Crippen LogP contribution < -0.4 is 5.32 Å². The molecule has 1 fully saturated rings. The molecular formula is C13H26N2O. The summed E-state index contributed by atoms with van der Waals surface area (Å²) in [6.07, 6.45) is 4.34. The van der Waals surface area contributed by atoms with Crippen molar-refractivity contribution in [3.05, 3.63) is 0 Å². The van der Waals surface area contributed by atoms with Crippen LogP contribution in [0.5, 0.6) is 0 Å². The predicted molar refractivity (Wildman–Crippen MR) is 67.4 cm³/mol. The second-order valence-electron chi connectivity index (χ2n) is 4.85. The van der Waals surface area contributed by atoms with Crippen molar-refractivity contribution < 1.29 is 4.79 Å². The largest absolute Gasteiger partial charge is 0.342 e. The lowest BCUT2D eigenvalue weighted by Gasteiger charge is -2.33. The molecule has 1 aliphatic heterocycles. The summed E-state index contributed by atoms with van der Waals surface area (Å²) in [5, 5.41) is 3.46. The maximum Gasteiger partial charge on any atom is 0.225 e. The normalized spacial score (nSPS) is 19.8. The van der Waals surface area contributed by atoms with Gasteiger partial charge in [-0.1, -0.05) is 27.2 Å². The van der Waals surface area contributed by atoms with Gasteiger partial charge in [0.25, 0.3) is 0 Å². The van der Waals surface area contributed by atoms with Crippen molar-refractivity contribution in [3.8, 4) is 0 Å². The zero-order chi connectivity index (χ0) is 12.0. The van der Waals surface area contributed by atoms with Crippen LogP contribution in [0.2, 0.25) is 0 Å². The number of carbonyl (C=O) groups excluding carboxylic acids is 1. The van der Waals surface area contributed by atoms with Crippen LogP contribution >= 0.6 is 0 Å². The summed E-state index contributed by atoms with van der Waals surface area (Å²) in [6, 6.07) is 0.621. The molecule has 1 atom stereocenters. The number of carbonyl (C=O) groups is 1. The fraction of sp³-hybridized carbons (Fsp3) is 0.923. The maximum absolute atomic E-state index is 12.1. The zero-order valence-corrected chi connectivity index (χ0v) is 11.0. The van der Waals surface area contributed by atoms with Crippen molar-refractivity contribution in [3.63, 3.8) is 0 Å². The van der Waals surface area contributed by atoms with Gasteiger partial charge in [-0.25, -0.2) is 0 Å². The Morgan fingerprint density at radius 3 is 2.50 bits per heavy atom. The van der Waals surface area contributed by atoms with E-state index in [2.05, 4.69) is 26.1 Å². The topological polar surface area (TPSA) is 32.3 Å². The first-order valence-corrected chi connectivity index (χ1v) is 6.71. The first-order valence-electron chi connectivity index (χ1n) is 6.71. The van der Waals surface area contributed by atoms with Crippen LogP contribution in [0.3, 0.4) is 0 Å². The number of likely N-dealkylation sites (tertiary alicyclic amines) is 1. The lowest BCUT2D eigenvalue weighted by Crippen LogP contribution is -2.46. The highest BCUT2D eigenvalue weighted by atomic mass is 16.2. The van der Waals surface area contributed by atoms with Crippen molar-refractivity contribution in [1.82, 2.24) is 10.2 Å². The molecule has 0 saturated carbocycles. The monoisotopic (exact) mass is 226 g/mol. The Hall–Kier alpha value is -0.570. The Labute approximate surface area is 99.6 Å². The Morgan fingerprint density at radius 2 is 2.00 bits per heavy atom. The first-order chi connectivity index (χ1) is 7.69. The van der Waals surface area contributed by atoms with Gasteiger partial charge in [-0.3, -0.25) is 4.79 Å². The second-order valence-corrected chi connectivity index (χ2v) is 4.85. The molecular weight excluding hydrogens is 200 g/mol. The van der Waals surface area contributed by atoms with Crippen LogP contribution in [-0.2, 0) is 4.79 Å². The van der Waals surface area contributed by atoms with Gasteiger partial charge < -0.3 is 10.2 Å². The average Bonchev–Trinajstić information content (AvgIpc) is 2.30. The minimum Gasteiger partial charge on any atom is -0.342 e. The minimum absolute atomic E-state index is 0.209. The molecule has 0 aliphatic carbocycles. The van der Waals surface area contributed by atoms with Gasteiger partial charge in [0.15, 0.2) is 0 Å². The first kappa shape index (κ1) is 13.5. The molecule has 1 amide bonds. The van der Waals surface area contributed by atoms with Crippen molar-refractivity contribution in [1.29, 1.82) is 0 Å². The fourth-order valence-electron chi connectivity index (χ4n) is 2.46. The van der Waals surface area contributed by atoms with Crippen molar-refractivity contribution >= 4 is 5.91 Å². The lowest BCUT2D eigenvalue weighted by atomic mass is 10.0. The van der Waals surface area contributed by atoms with Gasteiger partial charge in [0.05, 0.1) is 0 Å². The number of rotatable bonds is 5. The standard InChI is InChI=1S/C13H26N2O/c1-4-6-11(3)13(16)15-9-7-12(8-10-15)14-5-2/h11-12,14H,4-10H2,1-3H3. The summed E-state index contributed by atoms with van der Waals surface area (Å²) >= 11 is 0. The molecule has 1 N–H and O–H groups in total. The van der Waals surface area contributed by atoms with E-state index in [1.807, 2.05) is 4.90 Å². The number of nitrogens with one attached hydrogen (secondary N) is 1. The van der Waals surface area contributed by atoms with E-state index in [-0.39, 0.29) is 5.92 Å². The van der Waals surface area contributed by atoms with Gasteiger partial charge in [0.1, 0.15) is 0 Å².